The first-order valence-corrected chi connectivity index (χ1v) is 6.22. The fourth-order valence-electron chi connectivity index (χ4n) is 1.94. The number of oxime groups is 1. The molecule has 0 spiro atoms. The smallest absolute Gasteiger partial charge is 0.259 e. The molecular weight excluding hydrogens is 277 g/mol. The molecule has 2 rings (SSSR count). The van der Waals surface area contributed by atoms with Gasteiger partial charge in [0.25, 0.3) is 5.91 Å². The number of nitrogens with zero attached hydrogens (tertiary/aromatic N) is 1. The molecule has 0 unspecified atom stereocenters. The third-order valence-corrected chi connectivity index (χ3v) is 2.94. The molecule has 1 amide bonds. The van der Waals surface area contributed by atoms with Crippen molar-refractivity contribution in [2.75, 3.05) is 5.32 Å². The second kappa shape index (κ2) is 6.08. The number of anilines is 1. The van der Waals surface area contributed by atoms with Crippen molar-refractivity contribution in [3.8, 4) is 0 Å². The van der Waals surface area contributed by atoms with Gasteiger partial charge in [-0.05, 0) is 18.2 Å². The number of nitrogens with two attached hydrogens (primary N) is 1. The first-order chi connectivity index (χ1) is 10.1. The third kappa shape index (κ3) is 2.86. The van der Waals surface area contributed by atoms with Crippen molar-refractivity contribution in [3.05, 3.63) is 53.2 Å². The van der Waals surface area contributed by atoms with Crippen LogP contribution in [0.3, 0.4) is 0 Å². The Labute approximate surface area is 120 Å². The van der Waals surface area contributed by atoms with E-state index in [0.29, 0.717) is 17.7 Å². The van der Waals surface area contributed by atoms with Crippen molar-refractivity contribution in [3.63, 3.8) is 0 Å². The van der Waals surface area contributed by atoms with Gasteiger partial charge in [-0.3, -0.25) is 4.79 Å². The molecule has 0 aliphatic heterocycles. The minimum atomic E-state index is -0.703. The molecule has 0 bridgehead atoms. The van der Waals surface area contributed by atoms with Crippen LogP contribution in [0.15, 0.2) is 40.1 Å². The van der Waals surface area contributed by atoms with Crippen molar-refractivity contribution < 1.29 is 18.8 Å². The fourth-order valence-corrected chi connectivity index (χ4v) is 1.94. The molecule has 0 aliphatic carbocycles. The topological polar surface area (TPSA) is 101 Å². The van der Waals surface area contributed by atoms with E-state index in [9.17, 15) is 9.18 Å². The van der Waals surface area contributed by atoms with Gasteiger partial charge in [0, 0.05) is 6.42 Å². The van der Waals surface area contributed by atoms with E-state index in [1.807, 2.05) is 6.92 Å². The van der Waals surface area contributed by atoms with Crippen LogP contribution in [0.4, 0.5) is 10.1 Å². The van der Waals surface area contributed by atoms with Gasteiger partial charge in [0.15, 0.2) is 5.84 Å². The Balaban J connectivity index is 2.36. The number of hydrogen-bond acceptors (Lipinski definition) is 4. The highest BCUT2D eigenvalue weighted by Gasteiger charge is 2.18. The Morgan fingerprint density at radius 1 is 1.48 bits per heavy atom. The number of rotatable bonds is 4. The lowest BCUT2D eigenvalue weighted by molar-refractivity contribution is 0.102. The number of amides is 1. The van der Waals surface area contributed by atoms with Crippen LogP contribution in [0, 0.1) is 5.82 Å². The molecule has 0 aliphatic rings. The monoisotopic (exact) mass is 291 g/mol. The summed E-state index contributed by atoms with van der Waals surface area (Å²) in [6.45, 7) is 1.85. The standard InChI is InChI=1S/C14H14FN3O3/c1-2-11-8(6-7-21-11)14(19)17-10-5-3-4-9(15)12(10)13(16)18-20/h3-7,20H,2H2,1H3,(H2,16,18)(H,17,19). The first-order valence-electron chi connectivity index (χ1n) is 6.22. The minimum absolute atomic E-state index is 0.110. The number of hydrogen-bond donors (Lipinski definition) is 3. The lowest BCUT2D eigenvalue weighted by Gasteiger charge is -2.10. The molecule has 6 nitrogen and oxygen atoms in total. The van der Waals surface area contributed by atoms with Crippen molar-refractivity contribution >= 4 is 17.4 Å². The maximum atomic E-state index is 13.8. The van der Waals surface area contributed by atoms with Crippen LogP contribution in [-0.4, -0.2) is 17.0 Å². The summed E-state index contributed by atoms with van der Waals surface area (Å²) in [5.41, 5.74) is 5.73. The SMILES string of the molecule is CCc1occc1C(=O)Nc1cccc(F)c1/C(N)=N/O. The zero-order chi connectivity index (χ0) is 15.4. The molecule has 7 heteroatoms. The predicted molar refractivity (Wildman–Crippen MR) is 75.0 cm³/mol. The maximum absolute atomic E-state index is 13.8. The summed E-state index contributed by atoms with van der Waals surface area (Å²) in [5, 5.41) is 14.0. The number of carbonyl (C=O) groups is 1. The number of halogens is 1. The van der Waals surface area contributed by atoms with E-state index in [2.05, 4.69) is 10.5 Å². The molecule has 2 aromatic rings. The molecule has 4 N–H and O–H groups in total. The van der Waals surface area contributed by atoms with Gasteiger partial charge in [-0.2, -0.15) is 0 Å². The molecule has 0 saturated heterocycles. The summed E-state index contributed by atoms with van der Waals surface area (Å²) < 4.78 is 19.0. The molecule has 1 aromatic carbocycles. The predicted octanol–water partition coefficient (Wildman–Crippen LogP) is 2.33. The normalized spacial score (nSPS) is 11.4. The molecule has 0 fully saturated rings. The highest BCUT2D eigenvalue weighted by molar-refractivity contribution is 6.10. The number of benzene rings is 1. The molecule has 1 heterocycles. The van der Waals surface area contributed by atoms with Gasteiger partial charge in [-0.25, -0.2) is 4.39 Å². The van der Waals surface area contributed by atoms with Crippen LogP contribution in [0.2, 0.25) is 0 Å². The van der Waals surface area contributed by atoms with E-state index in [0.717, 1.165) is 6.07 Å². The Morgan fingerprint density at radius 2 is 2.24 bits per heavy atom. The third-order valence-electron chi connectivity index (χ3n) is 2.94. The zero-order valence-electron chi connectivity index (χ0n) is 11.3. The zero-order valence-corrected chi connectivity index (χ0v) is 11.3. The van der Waals surface area contributed by atoms with E-state index in [1.54, 1.807) is 0 Å². The van der Waals surface area contributed by atoms with Crippen LogP contribution in [0.5, 0.6) is 0 Å². The Bertz CT molecular complexity index is 695. The highest BCUT2D eigenvalue weighted by Crippen LogP contribution is 2.21. The van der Waals surface area contributed by atoms with Gasteiger partial charge >= 0.3 is 0 Å². The van der Waals surface area contributed by atoms with E-state index in [-0.39, 0.29) is 11.3 Å². The quantitative estimate of drug-likeness (QED) is 0.348. The lowest BCUT2D eigenvalue weighted by atomic mass is 10.1. The highest BCUT2D eigenvalue weighted by atomic mass is 19.1. The second-order valence-electron chi connectivity index (χ2n) is 4.21. The van der Waals surface area contributed by atoms with Gasteiger partial charge in [-0.15, -0.1) is 0 Å². The molecule has 0 radical (unpaired) electrons. The van der Waals surface area contributed by atoms with Gasteiger partial charge < -0.3 is 20.7 Å². The minimum Gasteiger partial charge on any atom is -0.469 e. The number of furan rings is 1. The Morgan fingerprint density at radius 3 is 2.90 bits per heavy atom. The molecule has 21 heavy (non-hydrogen) atoms. The summed E-state index contributed by atoms with van der Waals surface area (Å²) in [7, 11) is 0. The van der Waals surface area contributed by atoms with E-state index >= 15 is 0 Å². The maximum Gasteiger partial charge on any atom is 0.259 e. The summed E-state index contributed by atoms with van der Waals surface area (Å²) in [6, 6.07) is 5.55. The van der Waals surface area contributed by atoms with Crippen molar-refractivity contribution in [2.24, 2.45) is 10.9 Å². The van der Waals surface area contributed by atoms with Crippen LogP contribution >= 0.6 is 0 Å². The van der Waals surface area contributed by atoms with Gasteiger partial charge in [0.2, 0.25) is 0 Å². The summed E-state index contributed by atoms with van der Waals surface area (Å²) >= 11 is 0. The average Bonchev–Trinajstić information content (AvgIpc) is 2.95. The number of carbonyl (C=O) groups excluding carboxylic acids is 1. The summed E-state index contributed by atoms with van der Waals surface area (Å²) in [6.07, 6.45) is 1.95. The van der Waals surface area contributed by atoms with E-state index in [4.69, 9.17) is 15.4 Å². The summed E-state index contributed by atoms with van der Waals surface area (Å²) in [4.78, 5) is 12.2. The molecule has 0 atom stereocenters. The first kappa shape index (κ1) is 14.6. The van der Waals surface area contributed by atoms with Gasteiger partial charge in [0.05, 0.1) is 23.1 Å². The number of aryl methyl sites for hydroxylation is 1. The fraction of sp³-hybridized carbons (Fsp3) is 0.143. The van der Waals surface area contributed by atoms with Crippen LogP contribution < -0.4 is 11.1 Å². The molecule has 0 saturated carbocycles. The van der Waals surface area contributed by atoms with Crippen molar-refractivity contribution in [1.82, 2.24) is 0 Å². The molecular formula is C14H14FN3O3. The van der Waals surface area contributed by atoms with Crippen LogP contribution in [0.1, 0.15) is 28.6 Å². The number of amidine groups is 1. The van der Waals surface area contributed by atoms with Crippen LogP contribution in [0.25, 0.3) is 0 Å². The Kier molecular flexibility index (Phi) is 4.22. The molecule has 110 valence electrons. The van der Waals surface area contributed by atoms with Gasteiger partial charge in [0.1, 0.15) is 11.6 Å². The van der Waals surface area contributed by atoms with Crippen molar-refractivity contribution in [1.29, 1.82) is 0 Å². The van der Waals surface area contributed by atoms with Gasteiger partial charge in [-0.1, -0.05) is 18.1 Å². The largest absolute Gasteiger partial charge is 0.469 e. The average molecular weight is 291 g/mol. The van der Waals surface area contributed by atoms with E-state index < -0.39 is 17.6 Å². The number of nitrogens with one attached hydrogen (secondary N) is 1. The van der Waals surface area contributed by atoms with Crippen LogP contribution in [-0.2, 0) is 6.42 Å². The second-order valence-corrected chi connectivity index (χ2v) is 4.21. The van der Waals surface area contributed by atoms with E-state index in [1.165, 1.54) is 24.5 Å². The molecule has 1 aromatic heterocycles. The lowest BCUT2D eigenvalue weighted by Crippen LogP contribution is -2.21. The summed E-state index contributed by atoms with van der Waals surface area (Å²) in [5.74, 6) is -1.07. The van der Waals surface area contributed by atoms with Crippen molar-refractivity contribution in [2.45, 2.75) is 13.3 Å². The Hall–Kier alpha value is -2.83.